The number of hydrogen-bond acceptors (Lipinski definition) is 3. The molecule has 2 aromatic rings. The summed E-state index contributed by atoms with van der Waals surface area (Å²) in [4.78, 5) is 12.2. The summed E-state index contributed by atoms with van der Waals surface area (Å²) in [6.45, 7) is 6.55. The standard InChI is InChI=1S/C16H22N4O.ClH/c1-11-6-5-7-14(8-11)20-13(3)15(10-19-20)16(21)18-9-12(2)17-4;/h5-8,10,12,17H,9H2,1-4H3,(H,18,21);1H. The maximum atomic E-state index is 12.2. The van der Waals surface area contributed by atoms with Crippen LogP contribution < -0.4 is 10.6 Å². The van der Waals surface area contributed by atoms with Gasteiger partial charge in [-0.15, -0.1) is 12.4 Å². The van der Waals surface area contributed by atoms with Crippen molar-refractivity contribution in [1.29, 1.82) is 0 Å². The average Bonchev–Trinajstić information content (AvgIpc) is 2.86. The molecule has 2 N–H and O–H groups in total. The number of carbonyl (C=O) groups is 1. The number of aryl methyl sites for hydroxylation is 1. The molecule has 0 radical (unpaired) electrons. The van der Waals surface area contributed by atoms with Crippen LogP contribution >= 0.6 is 12.4 Å². The maximum Gasteiger partial charge on any atom is 0.254 e. The van der Waals surface area contributed by atoms with Gasteiger partial charge in [0.05, 0.1) is 23.1 Å². The minimum atomic E-state index is -0.0893. The van der Waals surface area contributed by atoms with E-state index in [1.54, 1.807) is 10.9 Å². The van der Waals surface area contributed by atoms with Crippen molar-refractivity contribution >= 4 is 18.3 Å². The Labute approximate surface area is 137 Å². The van der Waals surface area contributed by atoms with Gasteiger partial charge in [0, 0.05) is 12.6 Å². The number of nitrogens with zero attached hydrogens (tertiary/aromatic N) is 2. The monoisotopic (exact) mass is 322 g/mol. The van der Waals surface area contributed by atoms with E-state index < -0.39 is 0 Å². The molecule has 1 atom stereocenters. The average molecular weight is 323 g/mol. The van der Waals surface area contributed by atoms with E-state index in [4.69, 9.17) is 0 Å². The fourth-order valence-corrected chi connectivity index (χ4v) is 2.10. The van der Waals surface area contributed by atoms with Crippen molar-refractivity contribution in [3.63, 3.8) is 0 Å². The fraction of sp³-hybridized carbons (Fsp3) is 0.375. The highest BCUT2D eigenvalue weighted by Gasteiger charge is 2.15. The number of carbonyl (C=O) groups excluding carboxylic acids is 1. The number of hydrogen-bond donors (Lipinski definition) is 2. The van der Waals surface area contributed by atoms with Gasteiger partial charge in [0.2, 0.25) is 0 Å². The number of likely N-dealkylation sites (N-methyl/N-ethyl adjacent to an activating group) is 1. The highest BCUT2D eigenvalue weighted by molar-refractivity contribution is 5.95. The van der Waals surface area contributed by atoms with Gasteiger partial charge < -0.3 is 10.6 Å². The van der Waals surface area contributed by atoms with Crippen molar-refractivity contribution < 1.29 is 4.79 Å². The third-order valence-electron chi connectivity index (χ3n) is 3.56. The van der Waals surface area contributed by atoms with Crippen molar-refractivity contribution in [1.82, 2.24) is 20.4 Å². The van der Waals surface area contributed by atoms with Gasteiger partial charge in [-0.2, -0.15) is 5.10 Å². The number of rotatable bonds is 5. The zero-order valence-corrected chi connectivity index (χ0v) is 14.2. The Balaban J connectivity index is 0.00000242. The summed E-state index contributed by atoms with van der Waals surface area (Å²) < 4.78 is 1.80. The Morgan fingerprint density at radius 2 is 2.09 bits per heavy atom. The molecule has 0 saturated carbocycles. The minimum Gasteiger partial charge on any atom is -0.350 e. The molecule has 1 aromatic carbocycles. The smallest absolute Gasteiger partial charge is 0.254 e. The zero-order valence-electron chi connectivity index (χ0n) is 13.4. The number of nitrogens with one attached hydrogen (secondary N) is 2. The summed E-state index contributed by atoms with van der Waals surface area (Å²) in [6.07, 6.45) is 1.62. The Kier molecular flexibility index (Phi) is 6.59. The van der Waals surface area contributed by atoms with Gasteiger partial charge in [-0.25, -0.2) is 4.68 Å². The van der Waals surface area contributed by atoms with Crippen molar-refractivity contribution in [3.8, 4) is 5.69 Å². The minimum absolute atomic E-state index is 0. The number of benzene rings is 1. The lowest BCUT2D eigenvalue weighted by Crippen LogP contribution is -2.37. The van der Waals surface area contributed by atoms with E-state index in [0.29, 0.717) is 12.1 Å². The molecule has 0 aliphatic rings. The molecule has 6 heteroatoms. The SMILES string of the molecule is CNC(C)CNC(=O)c1cnn(-c2cccc(C)c2)c1C.Cl. The zero-order chi connectivity index (χ0) is 15.4. The van der Waals surface area contributed by atoms with Crippen LogP contribution in [-0.2, 0) is 0 Å². The first-order valence-electron chi connectivity index (χ1n) is 7.10. The summed E-state index contributed by atoms with van der Waals surface area (Å²) in [5.74, 6) is -0.0893. The van der Waals surface area contributed by atoms with E-state index in [9.17, 15) is 4.79 Å². The van der Waals surface area contributed by atoms with Gasteiger partial charge in [0.25, 0.3) is 5.91 Å². The third-order valence-corrected chi connectivity index (χ3v) is 3.56. The Morgan fingerprint density at radius 3 is 2.73 bits per heavy atom. The molecule has 0 spiro atoms. The molecule has 1 aromatic heterocycles. The second-order valence-electron chi connectivity index (χ2n) is 5.29. The van der Waals surface area contributed by atoms with Crippen LogP contribution in [0.4, 0.5) is 0 Å². The molecular weight excluding hydrogens is 300 g/mol. The van der Waals surface area contributed by atoms with Crippen molar-refractivity contribution in [2.75, 3.05) is 13.6 Å². The van der Waals surface area contributed by atoms with E-state index in [2.05, 4.69) is 15.7 Å². The predicted molar refractivity (Wildman–Crippen MR) is 91.1 cm³/mol. The fourth-order valence-electron chi connectivity index (χ4n) is 2.10. The topological polar surface area (TPSA) is 58.9 Å². The third kappa shape index (κ3) is 4.08. The van der Waals surface area contributed by atoms with E-state index in [1.165, 1.54) is 0 Å². The van der Waals surface area contributed by atoms with Crippen molar-refractivity contribution in [2.24, 2.45) is 0 Å². The van der Waals surface area contributed by atoms with Crippen LogP contribution in [0.1, 0.15) is 28.5 Å². The lowest BCUT2D eigenvalue weighted by molar-refractivity contribution is 0.0950. The molecule has 5 nitrogen and oxygen atoms in total. The molecule has 0 saturated heterocycles. The summed E-state index contributed by atoms with van der Waals surface area (Å²) in [5.41, 5.74) is 3.58. The Hall–Kier alpha value is -1.85. The van der Waals surface area contributed by atoms with Gasteiger partial charge in [0.1, 0.15) is 0 Å². The summed E-state index contributed by atoms with van der Waals surface area (Å²) >= 11 is 0. The molecule has 120 valence electrons. The molecular formula is C16H23ClN4O. The molecule has 0 bridgehead atoms. The van der Waals surface area contributed by atoms with Gasteiger partial charge >= 0.3 is 0 Å². The lowest BCUT2D eigenvalue weighted by atomic mass is 10.2. The summed E-state index contributed by atoms with van der Waals surface area (Å²) in [5, 5.41) is 10.3. The predicted octanol–water partition coefficient (Wildman–Crippen LogP) is 2.25. The highest BCUT2D eigenvalue weighted by Crippen LogP contribution is 2.15. The van der Waals surface area contributed by atoms with Gasteiger partial charge in [-0.05, 0) is 45.5 Å². The highest BCUT2D eigenvalue weighted by atomic mass is 35.5. The second-order valence-corrected chi connectivity index (χ2v) is 5.29. The van der Waals surface area contributed by atoms with Gasteiger partial charge in [0.15, 0.2) is 0 Å². The largest absolute Gasteiger partial charge is 0.350 e. The summed E-state index contributed by atoms with van der Waals surface area (Å²) in [7, 11) is 1.87. The van der Waals surface area contributed by atoms with Crippen molar-refractivity contribution in [2.45, 2.75) is 26.8 Å². The van der Waals surface area contributed by atoms with Gasteiger partial charge in [-0.1, -0.05) is 12.1 Å². The first kappa shape index (κ1) is 18.2. The van der Waals surface area contributed by atoms with Crippen LogP contribution in [0.3, 0.4) is 0 Å². The van der Waals surface area contributed by atoms with E-state index in [0.717, 1.165) is 16.9 Å². The van der Waals surface area contributed by atoms with Crippen LogP contribution in [0.15, 0.2) is 30.5 Å². The molecule has 2 rings (SSSR count). The quantitative estimate of drug-likeness (QED) is 0.887. The van der Waals surface area contributed by atoms with E-state index in [1.807, 2.05) is 52.1 Å². The second kappa shape index (κ2) is 7.96. The van der Waals surface area contributed by atoms with Crippen LogP contribution in [0.2, 0.25) is 0 Å². The van der Waals surface area contributed by atoms with Crippen molar-refractivity contribution in [3.05, 3.63) is 47.3 Å². The van der Waals surface area contributed by atoms with E-state index in [-0.39, 0.29) is 24.4 Å². The van der Waals surface area contributed by atoms with E-state index >= 15 is 0 Å². The number of aromatic nitrogens is 2. The van der Waals surface area contributed by atoms with Crippen LogP contribution in [0, 0.1) is 13.8 Å². The molecule has 0 fully saturated rings. The maximum absolute atomic E-state index is 12.2. The molecule has 1 amide bonds. The summed E-state index contributed by atoms with van der Waals surface area (Å²) in [6, 6.07) is 8.29. The Bertz CT molecular complexity index is 639. The molecule has 22 heavy (non-hydrogen) atoms. The Morgan fingerprint density at radius 1 is 1.36 bits per heavy atom. The lowest BCUT2D eigenvalue weighted by Gasteiger charge is -2.11. The van der Waals surface area contributed by atoms with Gasteiger partial charge in [-0.3, -0.25) is 4.79 Å². The molecule has 0 aliphatic carbocycles. The van der Waals surface area contributed by atoms with Crippen LogP contribution in [0.5, 0.6) is 0 Å². The molecule has 1 unspecified atom stereocenters. The normalized spacial score (nSPS) is 11.6. The van der Waals surface area contributed by atoms with Crippen LogP contribution in [-0.4, -0.2) is 35.3 Å². The first-order chi connectivity index (χ1) is 10.0. The molecule has 1 heterocycles. The molecule has 0 aliphatic heterocycles. The van der Waals surface area contributed by atoms with Crippen LogP contribution in [0.25, 0.3) is 5.69 Å². The first-order valence-corrected chi connectivity index (χ1v) is 7.10. The number of halogens is 1. The number of amides is 1.